The number of benzene rings is 1. The molecule has 3 heterocycles. The highest BCUT2D eigenvalue weighted by Gasteiger charge is 2.42. The highest BCUT2D eigenvalue weighted by atomic mass is 16.5. The zero-order valence-electron chi connectivity index (χ0n) is 16.2. The molecule has 1 amide bonds. The number of rotatable bonds is 6. The van der Waals surface area contributed by atoms with Crippen LogP contribution >= 0.6 is 0 Å². The van der Waals surface area contributed by atoms with Crippen molar-refractivity contribution in [1.82, 2.24) is 14.9 Å². The van der Waals surface area contributed by atoms with Gasteiger partial charge in [0.25, 0.3) is 5.91 Å². The van der Waals surface area contributed by atoms with Gasteiger partial charge in [0.1, 0.15) is 0 Å². The van der Waals surface area contributed by atoms with E-state index in [1.165, 1.54) is 0 Å². The first-order chi connectivity index (χ1) is 14.1. The summed E-state index contributed by atoms with van der Waals surface area (Å²) in [6.07, 6.45) is 7.57. The van der Waals surface area contributed by atoms with Crippen molar-refractivity contribution >= 4 is 5.91 Å². The van der Waals surface area contributed by atoms with Gasteiger partial charge in [0, 0.05) is 50.8 Å². The first-order valence-corrected chi connectivity index (χ1v) is 9.69. The van der Waals surface area contributed by atoms with Gasteiger partial charge in [-0.15, -0.1) is 0 Å². The summed E-state index contributed by atoms with van der Waals surface area (Å²) in [5.41, 5.74) is 9.05. The van der Waals surface area contributed by atoms with E-state index in [0.717, 1.165) is 35.3 Å². The van der Waals surface area contributed by atoms with Crippen molar-refractivity contribution in [2.24, 2.45) is 5.73 Å². The second-order valence-corrected chi connectivity index (χ2v) is 7.39. The number of carbonyl (C=O) groups is 1. The molecule has 0 radical (unpaired) electrons. The van der Waals surface area contributed by atoms with E-state index in [1.807, 2.05) is 48.7 Å². The molecule has 6 heteroatoms. The molecule has 4 rings (SSSR count). The van der Waals surface area contributed by atoms with Crippen molar-refractivity contribution in [2.45, 2.75) is 18.6 Å². The minimum Gasteiger partial charge on any atom is -0.367 e. The van der Waals surface area contributed by atoms with E-state index in [0.29, 0.717) is 19.6 Å². The minimum absolute atomic E-state index is 0.427. The lowest BCUT2D eigenvalue weighted by molar-refractivity contribution is -0.157. The number of nitrogens with two attached hydrogens (primary N) is 1. The van der Waals surface area contributed by atoms with Crippen molar-refractivity contribution in [3.8, 4) is 11.1 Å². The maximum absolute atomic E-state index is 12.5. The first kappa shape index (κ1) is 19.2. The number of hydrogen-bond donors (Lipinski definition) is 1. The van der Waals surface area contributed by atoms with Crippen LogP contribution in [-0.4, -0.2) is 46.1 Å². The van der Waals surface area contributed by atoms with Gasteiger partial charge in [-0.05, 0) is 40.5 Å². The predicted octanol–water partition coefficient (Wildman–Crippen LogP) is 2.44. The Labute approximate surface area is 170 Å². The Hall–Kier alpha value is -3.09. The van der Waals surface area contributed by atoms with Crippen LogP contribution in [0.1, 0.15) is 11.1 Å². The molecule has 0 spiro atoms. The Morgan fingerprint density at radius 2 is 1.86 bits per heavy atom. The molecule has 1 aliphatic rings. The summed E-state index contributed by atoms with van der Waals surface area (Å²) in [7, 11) is 0. The topological polar surface area (TPSA) is 81.3 Å². The van der Waals surface area contributed by atoms with E-state index < -0.39 is 11.5 Å². The van der Waals surface area contributed by atoms with Gasteiger partial charge < -0.3 is 10.5 Å². The van der Waals surface area contributed by atoms with Crippen molar-refractivity contribution in [3.05, 3.63) is 84.4 Å². The lowest BCUT2D eigenvalue weighted by atomic mass is 9.90. The van der Waals surface area contributed by atoms with E-state index in [4.69, 9.17) is 10.5 Å². The fourth-order valence-electron chi connectivity index (χ4n) is 3.80. The number of carbonyl (C=O) groups excluding carboxylic acids is 1. The maximum Gasteiger partial charge on any atom is 0.251 e. The molecule has 1 saturated heterocycles. The molecule has 1 atom stereocenters. The lowest BCUT2D eigenvalue weighted by Crippen LogP contribution is -2.59. The molecule has 1 fully saturated rings. The molecule has 0 saturated carbocycles. The third kappa shape index (κ3) is 4.50. The molecule has 148 valence electrons. The van der Waals surface area contributed by atoms with Crippen LogP contribution in [0.25, 0.3) is 11.1 Å². The van der Waals surface area contributed by atoms with Crippen LogP contribution in [0, 0.1) is 0 Å². The standard InChI is InChI=1S/C23H24N4O2/c24-22(28)23(17-27(11-12-29-23)16-18-6-9-25-10-7-18)14-19-3-1-4-20(13-19)21-5-2-8-26-15-21/h1-10,13,15H,11-12,14,16-17H2,(H2,24,28)/t23-/m1/s1. The van der Waals surface area contributed by atoms with Gasteiger partial charge >= 0.3 is 0 Å². The largest absolute Gasteiger partial charge is 0.367 e. The molecule has 3 aromatic rings. The molecule has 1 aromatic carbocycles. The Morgan fingerprint density at radius 1 is 1.03 bits per heavy atom. The summed E-state index contributed by atoms with van der Waals surface area (Å²) in [6.45, 7) is 2.42. The number of pyridine rings is 2. The monoisotopic (exact) mass is 388 g/mol. The number of hydrogen-bond acceptors (Lipinski definition) is 5. The summed E-state index contributed by atoms with van der Waals surface area (Å²) in [5.74, 6) is -0.427. The molecular weight excluding hydrogens is 364 g/mol. The predicted molar refractivity (Wildman–Crippen MR) is 111 cm³/mol. The third-order valence-corrected chi connectivity index (χ3v) is 5.28. The van der Waals surface area contributed by atoms with Crippen LogP contribution in [0.2, 0.25) is 0 Å². The van der Waals surface area contributed by atoms with Gasteiger partial charge in [-0.1, -0.05) is 30.3 Å². The van der Waals surface area contributed by atoms with Crippen LogP contribution in [-0.2, 0) is 22.5 Å². The van der Waals surface area contributed by atoms with Crippen molar-refractivity contribution in [3.63, 3.8) is 0 Å². The number of nitrogens with zero attached hydrogens (tertiary/aromatic N) is 3. The Morgan fingerprint density at radius 3 is 2.62 bits per heavy atom. The molecule has 2 N–H and O–H groups in total. The van der Waals surface area contributed by atoms with Crippen LogP contribution in [0.15, 0.2) is 73.3 Å². The zero-order valence-corrected chi connectivity index (χ0v) is 16.2. The van der Waals surface area contributed by atoms with E-state index in [1.54, 1.807) is 18.6 Å². The SMILES string of the molecule is NC(=O)[C@@]1(Cc2cccc(-c3cccnc3)c2)CN(Cc2ccncc2)CCO1. The van der Waals surface area contributed by atoms with Gasteiger partial charge in [-0.2, -0.15) is 0 Å². The molecule has 0 bridgehead atoms. The van der Waals surface area contributed by atoms with E-state index in [-0.39, 0.29) is 0 Å². The van der Waals surface area contributed by atoms with Crippen LogP contribution in [0.3, 0.4) is 0 Å². The summed E-state index contributed by atoms with van der Waals surface area (Å²) in [6, 6.07) is 16.0. The second-order valence-electron chi connectivity index (χ2n) is 7.39. The maximum atomic E-state index is 12.5. The number of morpholine rings is 1. The van der Waals surface area contributed by atoms with E-state index in [2.05, 4.69) is 20.9 Å². The molecule has 6 nitrogen and oxygen atoms in total. The van der Waals surface area contributed by atoms with Crippen LogP contribution < -0.4 is 5.73 Å². The Bertz CT molecular complexity index is 965. The first-order valence-electron chi connectivity index (χ1n) is 9.69. The van der Waals surface area contributed by atoms with E-state index in [9.17, 15) is 4.79 Å². The molecule has 0 unspecified atom stereocenters. The van der Waals surface area contributed by atoms with Crippen LogP contribution in [0.4, 0.5) is 0 Å². The fourth-order valence-corrected chi connectivity index (χ4v) is 3.80. The van der Waals surface area contributed by atoms with Crippen molar-refractivity contribution < 1.29 is 9.53 Å². The quantitative estimate of drug-likeness (QED) is 0.701. The molecule has 2 aromatic heterocycles. The number of primary amides is 1. The van der Waals surface area contributed by atoms with Crippen molar-refractivity contribution in [1.29, 1.82) is 0 Å². The molecule has 0 aliphatic carbocycles. The number of aromatic nitrogens is 2. The normalized spacial score (nSPS) is 19.7. The highest BCUT2D eigenvalue weighted by Crippen LogP contribution is 2.27. The second kappa shape index (κ2) is 8.51. The van der Waals surface area contributed by atoms with Gasteiger partial charge in [-0.3, -0.25) is 19.7 Å². The van der Waals surface area contributed by atoms with Gasteiger partial charge in [-0.25, -0.2) is 0 Å². The van der Waals surface area contributed by atoms with Crippen molar-refractivity contribution in [2.75, 3.05) is 19.7 Å². The van der Waals surface area contributed by atoms with Crippen LogP contribution in [0.5, 0.6) is 0 Å². The lowest BCUT2D eigenvalue weighted by Gasteiger charge is -2.41. The molecule has 29 heavy (non-hydrogen) atoms. The average Bonchev–Trinajstić information content (AvgIpc) is 2.75. The zero-order chi connectivity index (χ0) is 20.1. The summed E-state index contributed by atoms with van der Waals surface area (Å²) in [5, 5.41) is 0. The summed E-state index contributed by atoms with van der Waals surface area (Å²) in [4.78, 5) is 23.0. The fraction of sp³-hybridized carbons (Fsp3) is 0.261. The van der Waals surface area contributed by atoms with Gasteiger partial charge in [0.05, 0.1) is 6.61 Å². The van der Waals surface area contributed by atoms with Gasteiger partial charge in [0.15, 0.2) is 5.60 Å². The molecular formula is C23H24N4O2. The highest BCUT2D eigenvalue weighted by molar-refractivity contribution is 5.84. The third-order valence-electron chi connectivity index (χ3n) is 5.28. The summed E-state index contributed by atoms with van der Waals surface area (Å²) < 4.78 is 6.00. The minimum atomic E-state index is -1.04. The van der Waals surface area contributed by atoms with Gasteiger partial charge in [0.2, 0.25) is 0 Å². The number of ether oxygens (including phenoxy) is 1. The van der Waals surface area contributed by atoms with E-state index >= 15 is 0 Å². The Balaban J connectivity index is 1.55. The smallest absolute Gasteiger partial charge is 0.251 e. The molecule has 1 aliphatic heterocycles. The number of amides is 1. The summed E-state index contributed by atoms with van der Waals surface area (Å²) >= 11 is 0. The average molecular weight is 388 g/mol. The Kier molecular flexibility index (Phi) is 5.64.